The zero-order chi connectivity index (χ0) is 13.1. The highest BCUT2D eigenvalue weighted by atomic mass is 32.2. The van der Waals surface area contributed by atoms with Crippen molar-refractivity contribution < 1.29 is 8.42 Å². The van der Waals surface area contributed by atoms with Crippen molar-refractivity contribution in [3.63, 3.8) is 0 Å². The molecule has 0 bridgehead atoms. The molecule has 17 heavy (non-hydrogen) atoms. The minimum Gasteiger partial charge on any atom is -0.329 e. The Balaban J connectivity index is 2.60. The lowest BCUT2D eigenvalue weighted by Gasteiger charge is -2.46. The Morgan fingerprint density at radius 1 is 1.35 bits per heavy atom. The van der Waals surface area contributed by atoms with Crippen molar-refractivity contribution in [1.29, 1.82) is 0 Å². The van der Waals surface area contributed by atoms with E-state index >= 15 is 0 Å². The highest BCUT2D eigenvalue weighted by Crippen LogP contribution is 2.26. The Labute approximate surface area is 105 Å². The van der Waals surface area contributed by atoms with Crippen LogP contribution in [0.4, 0.5) is 0 Å². The van der Waals surface area contributed by atoms with Crippen LogP contribution in [0.25, 0.3) is 0 Å². The second kappa shape index (κ2) is 5.65. The third-order valence-electron chi connectivity index (χ3n) is 3.90. The van der Waals surface area contributed by atoms with Crippen LogP contribution in [0.5, 0.6) is 0 Å². The molecule has 0 unspecified atom stereocenters. The van der Waals surface area contributed by atoms with Crippen LogP contribution in [0.3, 0.4) is 0 Å². The van der Waals surface area contributed by atoms with E-state index in [1.807, 2.05) is 7.05 Å². The summed E-state index contributed by atoms with van der Waals surface area (Å²) in [5.74, 6) is 0.209. The van der Waals surface area contributed by atoms with Gasteiger partial charge in [0.25, 0.3) is 0 Å². The predicted molar refractivity (Wildman–Crippen MR) is 70.9 cm³/mol. The highest BCUT2D eigenvalue weighted by Gasteiger charge is 2.36. The van der Waals surface area contributed by atoms with E-state index in [0.717, 1.165) is 25.9 Å². The summed E-state index contributed by atoms with van der Waals surface area (Å²) in [5, 5.41) is 0. The molecule has 1 aliphatic rings. The molecular formula is C11H25N3O2S. The van der Waals surface area contributed by atoms with Gasteiger partial charge in [0.15, 0.2) is 0 Å². The number of nitrogens with zero attached hydrogens (tertiary/aromatic N) is 2. The molecule has 1 rings (SSSR count). The Hall–Kier alpha value is -0.170. The molecule has 0 radical (unpaired) electrons. The average molecular weight is 263 g/mol. The number of hydrogen-bond acceptors (Lipinski definition) is 5. The van der Waals surface area contributed by atoms with Crippen molar-refractivity contribution in [2.45, 2.75) is 18.4 Å². The third kappa shape index (κ3) is 4.21. The van der Waals surface area contributed by atoms with Gasteiger partial charge in [-0.2, -0.15) is 0 Å². The van der Waals surface area contributed by atoms with Crippen molar-refractivity contribution >= 4 is 9.84 Å². The molecule has 0 aromatic rings. The molecule has 0 amide bonds. The number of nitrogens with two attached hydrogens (primary N) is 1. The lowest BCUT2D eigenvalue weighted by molar-refractivity contribution is 0.0587. The van der Waals surface area contributed by atoms with Crippen molar-refractivity contribution in [3.05, 3.63) is 0 Å². The van der Waals surface area contributed by atoms with Crippen LogP contribution in [0.2, 0.25) is 0 Å². The molecule has 0 atom stereocenters. The molecule has 0 aliphatic carbocycles. The minimum atomic E-state index is -2.90. The van der Waals surface area contributed by atoms with Crippen LogP contribution >= 0.6 is 0 Å². The van der Waals surface area contributed by atoms with E-state index in [9.17, 15) is 8.42 Å². The van der Waals surface area contributed by atoms with Crippen LogP contribution in [0.15, 0.2) is 0 Å². The summed E-state index contributed by atoms with van der Waals surface area (Å²) >= 11 is 0. The maximum Gasteiger partial charge on any atom is 0.148 e. The average Bonchev–Trinajstić information content (AvgIpc) is 2.26. The van der Waals surface area contributed by atoms with E-state index in [0.29, 0.717) is 13.1 Å². The summed E-state index contributed by atoms with van der Waals surface area (Å²) in [4.78, 5) is 4.43. The molecule has 6 heteroatoms. The Bertz CT molecular complexity index is 335. The van der Waals surface area contributed by atoms with Gasteiger partial charge in [-0.1, -0.05) is 0 Å². The number of rotatable bonds is 5. The smallest absolute Gasteiger partial charge is 0.148 e. The molecule has 1 saturated heterocycles. The fourth-order valence-corrected chi connectivity index (χ4v) is 2.92. The monoisotopic (exact) mass is 263 g/mol. The standard InChI is InChI=1S/C11H25N3O2S/c1-13-6-4-11(10-12,5-7-13)14(2)8-9-17(3,15)16/h4-10,12H2,1-3H3. The number of piperidine rings is 1. The van der Waals surface area contributed by atoms with Gasteiger partial charge in [-0.25, -0.2) is 8.42 Å². The summed E-state index contributed by atoms with van der Waals surface area (Å²) in [5.41, 5.74) is 5.90. The molecule has 0 saturated carbocycles. The van der Waals surface area contributed by atoms with E-state index in [-0.39, 0.29) is 11.3 Å². The lowest BCUT2D eigenvalue weighted by Crippen LogP contribution is -2.58. The van der Waals surface area contributed by atoms with E-state index in [1.165, 1.54) is 6.26 Å². The van der Waals surface area contributed by atoms with Gasteiger partial charge >= 0.3 is 0 Å². The van der Waals surface area contributed by atoms with Crippen molar-refractivity contribution in [2.75, 3.05) is 52.3 Å². The first-order valence-electron chi connectivity index (χ1n) is 6.07. The lowest BCUT2D eigenvalue weighted by atomic mass is 9.86. The van der Waals surface area contributed by atoms with Gasteiger partial charge in [0.2, 0.25) is 0 Å². The SMILES string of the molecule is CN1CCC(CN)(N(C)CCS(C)(=O)=O)CC1. The molecular weight excluding hydrogens is 238 g/mol. The van der Waals surface area contributed by atoms with Gasteiger partial charge in [0.05, 0.1) is 5.75 Å². The number of likely N-dealkylation sites (N-methyl/N-ethyl adjacent to an activating group) is 1. The molecule has 5 nitrogen and oxygen atoms in total. The summed E-state index contributed by atoms with van der Waals surface area (Å²) < 4.78 is 22.4. The fourth-order valence-electron chi connectivity index (χ4n) is 2.32. The second-order valence-corrected chi connectivity index (χ2v) is 7.54. The van der Waals surface area contributed by atoms with Crippen molar-refractivity contribution in [2.24, 2.45) is 5.73 Å². The van der Waals surface area contributed by atoms with E-state index in [4.69, 9.17) is 5.73 Å². The molecule has 1 heterocycles. The van der Waals surface area contributed by atoms with E-state index in [2.05, 4.69) is 16.8 Å². The maximum absolute atomic E-state index is 11.2. The largest absolute Gasteiger partial charge is 0.329 e. The normalized spacial score (nSPS) is 21.9. The van der Waals surface area contributed by atoms with Crippen LogP contribution in [0, 0.1) is 0 Å². The first kappa shape index (κ1) is 14.9. The first-order chi connectivity index (χ1) is 7.79. The predicted octanol–water partition coefficient (Wildman–Crippen LogP) is -0.614. The quantitative estimate of drug-likeness (QED) is 0.716. The Morgan fingerprint density at radius 2 is 1.88 bits per heavy atom. The van der Waals surface area contributed by atoms with Crippen LogP contribution in [-0.2, 0) is 9.84 Å². The van der Waals surface area contributed by atoms with Gasteiger partial charge in [-0.3, -0.25) is 4.90 Å². The zero-order valence-corrected chi connectivity index (χ0v) is 12.0. The summed E-state index contributed by atoms with van der Waals surface area (Å²) in [6, 6.07) is 0. The zero-order valence-electron chi connectivity index (χ0n) is 11.1. The van der Waals surface area contributed by atoms with Crippen LogP contribution in [0.1, 0.15) is 12.8 Å². The van der Waals surface area contributed by atoms with Crippen LogP contribution in [-0.4, -0.2) is 76.0 Å². The molecule has 1 aliphatic heterocycles. The molecule has 2 N–H and O–H groups in total. The summed E-state index contributed by atoms with van der Waals surface area (Å²) in [6.45, 7) is 3.22. The third-order valence-corrected chi connectivity index (χ3v) is 4.83. The molecule has 0 spiro atoms. The number of sulfone groups is 1. The second-order valence-electron chi connectivity index (χ2n) is 5.28. The van der Waals surface area contributed by atoms with Gasteiger partial charge in [-0.05, 0) is 40.0 Å². The molecule has 102 valence electrons. The first-order valence-corrected chi connectivity index (χ1v) is 8.13. The van der Waals surface area contributed by atoms with Gasteiger partial charge in [0.1, 0.15) is 9.84 Å². The van der Waals surface area contributed by atoms with Crippen LogP contribution < -0.4 is 5.73 Å². The fraction of sp³-hybridized carbons (Fsp3) is 1.00. The maximum atomic E-state index is 11.2. The van der Waals surface area contributed by atoms with Gasteiger partial charge in [0, 0.05) is 24.9 Å². The summed E-state index contributed by atoms with van der Waals surface area (Å²) in [7, 11) is 1.20. The van der Waals surface area contributed by atoms with Crippen molar-refractivity contribution in [3.8, 4) is 0 Å². The van der Waals surface area contributed by atoms with Crippen molar-refractivity contribution in [1.82, 2.24) is 9.80 Å². The van der Waals surface area contributed by atoms with E-state index < -0.39 is 9.84 Å². The number of likely N-dealkylation sites (tertiary alicyclic amines) is 1. The minimum absolute atomic E-state index is 0.0167. The van der Waals surface area contributed by atoms with E-state index in [1.54, 1.807) is 0 Å². The Morgan fingerprint density at radius 3 is 2.29 bits per heavy atom. The summed E-state index contributed by atoms with van der Waals surface area (Å²) in [6.07, 6.45) is 3.31. The topological polar surface area (TPSA) is 66.6 Å². The Kier molecular flexibility index (Phi) is 4.95. The van der Waals surface area contributed by atoms with Gasteiger partial charge in [-0.15, -0.1) is 0 Å². The molecule has 0 aromatic carbocycles. The highest BCUT2D eigenvalue weighted by molar-refractivity contribution is 7.90. The molecule has 1 fully saturated rings. The van der Waals surface area contributed by atoms with Gasteiger partial charge < -0.3 is 10.6 Å². The number of hydrogen-bond donors (Lipinski definition) is 1. The molecule has 0 aromatic heterocycles.